The van der Waals surface area contributed by atoms with E-state index >= 15 is 0 Å². The van der Waals surface area contributed by atoms with Crippen LogP contribution in [0.1, 0.15) is 21.6 Å². The smallest absolute Gasteiger partial charge is 0.267 e. The van der Waals surface area contributed by atoms with Gasteiger partial charge in [0.15, 0.2) is 0 Å². The van der Waals surface area contributed by atoms with Crippen molar-refractivity contribution < 1.29 is 21.6 Å². The molecule has 0 saturated carbocycles. The molecule has 1 aromatic heterocycles. The highest BCUT2D eigenvalue weighted by Gasteiger charge is 2.21. The van der Waals surface area contributed by atoms with Crippen molar-refractivity contribution in [2.24, 2.45) is 0 Å². The van der Waals surface area contributed by atoms with E-state index in [-0.39, 0.29) is 18.7 Å². The predicted octanol–water partition coefficient (Wildman–Crippen LogP) is 2.15. The van der Waals surface area contributed by atoms with Crippen LogP contribution in [0.25, 0.3) is 0 Å². The van der Waals surface area contributed by atoms with Crippen molar-refractivity contribution in [2.75, 3.05) is 16.9 Å². The molecule has 174 valence electrons. The number of hydrogen-bond acceptors (Lipinski definition) is 6. The van der Waals surface area contributed by atoms with Crippen LogP contribution in [0.3, 0.4) is 0 Å². The standard InChI is InChI=1S/C22H24N4O5S2/c1-32(28,29)25(17-20-8-6-7-15-23-20)16-18-11-13-19(14-12-18)22(27)24-26(33(2,30)31)21-9-4-3-5-10-21/h3-15H,16-17H2,1-2H3,(H,24,27). The topological polar surface area (TPSA) is 117 Å². The molecule has 0 unspecified atom stereocenters. The quantitative estimate of drug-likeness (QED) is 0.462. The molecule has 0 radical (unpaired) electrons. The lowest BCUT2D eigenvalue weighted by Crippen LogP contribution is -2.45. The van der Waals surface area contributed by atoms with Gasteiger partial charge in [-0.3, -0.25) is 9.78 Å². The summed E-state index contributed by atoms with van der Waals surface area (Å²) in [6.45, 7) is 0.207. The van der Waals surface area contributed by atoms with Gasteiger partial charge in [-0.05, 0) is 42.0 Å². The first-order chi connectivity index (χ1) is 15.5. The predicted molar refractivity (Wildman–Crippen MR) is 126 cm³/mol. The van der Waals surface area contributed by atoms with E-state index in [0.29, 0.717) is 16.9 Å². The molecule has 3 rings (SSSR count). The Bertz CT molecular complexity index is 1300. The molecule has 0 spiro atoms. The van der Waals surface area contributed by atoms with Crippen LogP contribution in [0.2, 0.25) is 0 Å². The molecular weight excluding hydrogens is 464 g/mol. The lowest BCUT2D eigenvalue weighted by atomic mass is 10.1. The van der Waals surface area contributed by atoms with Gasteiger partial charge >= 0.3 is 0 Å². The Kier molecular flexibility index (Phi) is 7.46. The number of hydrazine groups is 1. The summed E-state index contributed by atoms with van der Waals surface area (Å²) in [6.07, 6.45) is 3.71. The first-order valence-electron chi connectivity index (χ1n) is 9.84. The molecule has 2 aromatic carbocycles. The molecule has 0 aliphatic carbocycles. The van der Waals surface area contributed by atoms with Gasteiger partial charge in [-0.2, -0.15) is 8.72 Å². The zero-order chi connectivity index (χ0) is 24.1. The molecule has 9 nitrogen and oxygen atoms in total. The summed E-state index contributed by atoms with van der Waals surface area (Å²) in [5.41, 5.74) is 4.19. The van der Waals surface area contributed by atoms with Crippen LogP contribution >= 0.6 is 0 Å². The van der Waals surface area contributed by atoms with Gasteiger partial charge < -0.3 is 0 Å². The van der Waals surface area contributed by atoms with Crippen molar-refractivity contribution >= 4 is 31.6 Å². The van der Waals surface area contributed by atoms with Gasteiger partial charge in [-0.25, -0.2) is 22.3 Å². The number of carbonyl (C=O) groups excluding carboxylic acids is 1. The van der Waals surface area contributed by atoms with Crippen LogP contribution < -0.4 is 9.84 Å². The number of nitrogens with zero attached hydrogens (tertiary/aromatic N) is 3. The van der Waals surface area contributed by atoms with E-state index in [4.69, 9.17) is 0 Å². The Morgan fingerprint density at radius 1 is 0.818 bits per heavy atom. The second kappa shape index (κ2) is 10.1. The molecular formula is C22H24N4O5S2. The molecule has 0 saturated heterocycles. The number of anilines is 1. The zero-order valence-corrected chi connectivity index (χ0v) is 19.8. The number of hydrogen-bond donors (Lipinski definition) is 1. The average Bonchev–Trinajstić information content (AvgIpc) is 2.77. The van der Waals surface area contributed by atoms with E-state index < -0.39 is 26.0 Å². The summed E-state index contributed by atoms with van der Waals surface area (Å²) < 4.78 is 50.9. The second-order valence-corrected chi connectivity index (χ2v) is 11.2. The summed E-state index contributed by atoms with van der Waals surface area (Å²) in [6, 6.07) is 19.7. The van der Waals surface area contributed by atoms with Crippen molar-refractivity contribution in [3.63, 3.8) is 0 Å². The van der Waals surface area contributed by atoms with Gasteiger partial charge in [0.05, 0.1) is 30.4 Å². The van der Waals surface area contributed by atoms with Crippen LogP contribution in [-0.2, 0) is 33.1 Å². The number of aromatic nitrogens is 1. The van der Waals surface area contributed by atoms with Crippen molar-refractivity contribution in [2.45, 2.75) is 13.1 Å². The minimum atomic E-state index is -3.77. The number of nitrogens with one attached hydrogen (secondary N) is 1. The number of pyridine rings is 1. The maximum Gasteiger partial charge on any atom is 0.270 e. The monoisotopic (exact) mass is 488 g/mol. The largest absolute Gasteiger partial charge is 0.270 e. The van der Waals surface area contributed by atoms with E-state index in [1.165, 1.54) is 16.4 Å². The maximum atomic E-state index is 12.7. The third-order valence-electron chi connectivity index (χ3n) is 4.63. The Labute approximate surface area is 193 Å². The van der Waals surface area contributed by atoms with E-state index in [2.05, 4.69) is 10.4 Å². The maximum absolute atomic E-state index is 12.7. The van der Waals surface area contributed by atoms with Gasteiger partial charge in [0, 0.05) is 18.3 Å². The molecule has 1 amide bonds. The number of carbonyl (C=O) groups is 1. The molecule has 1 heterocycles. The lowest BCUT2D eigenvalue weighted by molar-refractivity contribution is 0.0955. The number of sulfonamides is 2. The summed E-state index contributed by atoms with van der Waals surface area (Å²) in [5, 5.41) is 0. The van der Waals surface area contributed by atoms with E-state index in [1.54, 1.807) is 66.9 Å². The normalized spacial score (nSPS) is 11.8. The Balaban J connectivity index is 1.75. The molecule has 0 aliphatic rings. The number of rotatable bonds is 9. The van der Waals surface area contributed by atoms with Crippen LogP contribution in [-0.4, -0.2) is 44.5 Å². The van der Waals surface area contributed by atoms with Crippen molar-refractivity contribution in [3.05, 3.63) is 95.8 Å². The van der Waals surface area contributed by atoms with Crippen LogP contribution in [0.5, 0.6) is 0 Å². The van der Waals surface area contributed by atoms with Gasteiger partial charge in [-0.15, -0.1) is 0 Å². The molecule has 0 fully saturated rings. The summed E-state index contributed by atoms with van der Waals surface area (Å²) in [7, 11) is -7.28. The Hall–Kier alpha value is -3.28. The molecule has 3 aromatic rings. The van der Waals surface area contributed by atoms with Crippen molar-refractivity contribution in [1.82, 2.24) is 14.7 Å². The fourth-order valence-electron chi connectivity index (χ4n) is 2.99. The van der Waals surface area contributed by atoms with Gasteiger partial charge in [-0.1, -0.05) is 36.4 Å². The van der Waals surface area contributed by atoms with Crippen molar-refractivity contribution in [1.29, 1.82) is 0 Å². The number of benzene rings is 2. The van der Waals surface area contributed by atoms with Crippen LogP contribution in [0.15, 0.2) is 79.0 Å². The first kappa shape index (κ1) is 24.4. The van der Waals surface area contributed by atoms with Gasteiger partial charge in [0.25, 0.3) is 5.91 Å². The van der Waals surface area contributed by atoms with Gasteiger partial charge in [0.2, 0.25) is 20.0 Å². The minimum absolute atomic E-state index is 0.0940. The Morgan fingerprint density at radius 3 is 2.00 bits per heavy atom. The summed E-state index contributed by atoms with van der Waals surface area (Å²) in [4.78, 5) is 16.8. The van der Waals surface area contributed by atoms with E-state index in [9.17, 15) is 21.6 Å². The Morgan fingerprint density at radius 2 is 1.45 bits per heavy atom. The zero-order valence-electron chi connectivity index (χ0n) is 18.1. The number of para-hydroxylation sites is 1. The molecule has 0 aliphatic heterocycles. The minimum Gasteiger partial charge on any atom is -0.267 e. The van der Waals surface area contributed by atoms with Crippen LogP contribution in [0, 0.1) is 0 Å². The number of amides is 1. The van der Waals surface area contributed by atoms with Gasteiger partial charge in [0.1, 0.15) is 0 Å². The third kappa shape index (κ3) is 6.85. The summed E-state index contributed by atoms with van der Waals surface area (Å²) >= 11 is 0. The fourth-order valence-corrected chi connectivity index (χ4v) is 4.49. The molecule has 0 atom stereocenters. The van der Waals surface area contributed by atoms with Crippen LogP contribution in [0.4, 0.5) is 5.69 Å². The molecule has 1 N–H and O–H groups in total. The lowest BCUT2D eigenvalue weighted by Gasteiger charge is -2.23. The SMILES string of the molecule is CS(=O)(=O)N(Cc1ccc(C(=O)NN(c2ccccc2)S(C)(=O)=O)cc1)Cc1ccccn1. The highest BCUT2D eigenvalue weighted by Crippen LogP contribution is 2.16. The average molecular weight is 489 g/mol. The molecule has 11 heteroatoms. The second-order valence-electron chi connectivity index (χ2n) is 7.35. The molecule has 33 heavy (non-hydrogen) atoms. The third-order valence-corrected chi connectivity index (χ3v) is 6.80. The first-order valence-corrected chi connectivity index (χ1v) is 13.5. The van der Waals surface area contributed by atoms with Crippen molar-refractivity contribution in [3.8, 4) is 0 Å². The highest BCUT2D eigenvalue weighted by atomic mass is 32.2. The van der Waals surface area contributed by atoms with E-state index in [1.807, 2.05) is 0 Å². The summed E-state index contributed by atoms with van der Waals surface area (Å²) in [5.74, 6) is -0.621. The fraction of sp³-hybridized carbons (Fsp3) is 0.182. The highest BCUT2D eigenvalue weighted by molar-refractivity contribution is 7.92. The van der Waals surface area contributed by atoms with E-state index in [0.717, 1.165) is 16.9 Å². The molecule has 0 bridgehead atoms.